The second-order valence-corrected chi connectivity index (χ2v) is 5.86. The van der Waals surface area contributed by atoms with Crippen LogP contribution in [0.5, 0.6) is 0 Å². The number of rotatable bonds is 8. The second-order valence-electron chi connectivity index (χ2n) is 5.51. The number of fused-ring (bicyclic) bond motifs is 1. The molecule has 0 unspecified atom stereocenters. The van der Waals surface area contributed by atoms with Crippen LogP contribution in [0.25, 0.3) is 11.2 Å². The third kappa shape index (κ3) is 4.47. The molecule has 2 N–H and O–H groups in total. The lowest BCUT2D eigenvalue weighted by molar-refractivity contribution is 0.0454. The van der Waals surface area contributed by atoms with E-state index in [4.69, 9.17) is 26.8 Å². The first-order valence-electron chi connectivity index (χ1n) is 8.09. The van der Waals surface area contributed by atoms with Crippen LogP contribution >= 0.6 is 11.6 Å². The lowest BCUT2D eigenvalue weighted by atomic mass is 10.2. The molecule has 0 spiro atoms. The molecule has 0 aliphatic rings. The number of esters is 1. The summed E-state index contributed by atoms with van der Waals surface area (Å²) in [7, 11) is 0. The van der Waals surface area contributed by atoms with E-state index in [1.165, 1.54) is 0 Å². The molecule has 0 bridgehead atoms. The summed E-state index contributed by atoms with van der Waals surface area (Å²) in [5.41, 5.74) is 7.16. The van der Waals surface area contributed by atoms with Crippen LogP contribution in [0.1, 0.15) is 23.2 Å². The van der Waals surface area contributed by atoms with Crippen LogP contribution in [0.15, 0.2) is 36.7 Å². The molecule has 0 fully saturated rings. The summed E-state index contributed by atoms with van der Waals surface area (Å²) >= 11 is 5.97. The number of nitrogen functional groups attached to an aromatic ring is 1. The van der Waals surface area contributed by atoms with Gasteiger partial charge in [0, 0.05) is 6.61 Å². The number of carbonyl (C=O) groups excluding carboxylic acids is 1. The van der Waals surface area contributed by atoms with Gasteiger partial charge in [0.05, 0.1) is 18.5 Å². The average Bonchev–Trinajstić information content (AvgIpc) is 3.04. The molecule has 3 aromatic rings. The third-order valence-corrected chi connectivity index (χ3v) is 3.86. The Labute approximate surface area is 154 Å². The Kier molecular flexibility index (Phi) is 5.98. The smallest absolute Gasteiger partial charge is 0.338 e. The van der Waals surface area contributed by atoms with Crippen molar-refractivity contribution in [2.24, 2.45) is 0 Å². The van der Waals surface area contributed by atoms with Gasteiger partial charge in [-0.25, -0.2) is 9.78 Å². The van der Waals surface area contributed by atoms with E-state index >= 15 is 0 Å². The summed E-state index contributed by atoms with van der Waals surface area (Å²) in [5.74, 6) is -0.227. The molecule has 0 aliphatic carbocycles. The summed E-state index contributed by atoms with van der Waals surface area (Å²) in [6.07, 6.45) is 3.04. The third-order valence-electron chi connectivity index (χ3n) is 3.59. The van der Waals surface area contributed by atoms with Crippen molar-refractivity contribution in [1.82, 2.24) is 19.5 Å². The first-order chi connectivity index (χ1) is 12.6. The summed E-state index contributed by atoms with van der Waals surface area (Å²) < 4.78 is 12.5. The summed E-state index contributed by atoms with van der Waals surface area (Å²) in [4.78, 5) is 23.9. The topological polar surface area (TPSA) is 105 Å². The monoisotopic (exact) mass is 375 g/mol. The Bertz CT molecular complexity index is 885. The molecule has 2 aromatic heterocycles. The van der Waals surface area contributed by atoms with Gasteiger partial charge in [-0.05, 0) is 25.0 Å². The van der Waals surface area contributed by atoms with Gasteiger partial charge in [0.15, 0.2) is 10.8 Å². The zero-order chi connectivity index (χ0) is 18.4. The van der Waals surface area contributed by atoms with E-state index in [1.54, 1.807) is 35.2 Å². The summed E-state index contributed by atoms with van der Waals surface area (Å²) in [6.45, 7) is 1.13. The van der Waals surface area contributed by atoms with Crippen molar-refractivity contribution >= 4 is 34.7 Å². The Morgan fingerprint density at radius 1 is 1.15 bits per heavy atom. The van der Waals surface area contributed by atoms with Crippen molar-refractivity contribution in [2.75, 3.05) is 18.9 Å². The van der Waals surface area contributed by atoms with Gasteiger partial charge in [0.2, 0.25) is 5.95 Å². The minimum atomic E-state index is -0.314. The van der Waals surface area contributed by atoms with Gasteiger partial charge >= 0.3 is 5.97 Å². The summed E-state index contributed by atoms with van der Waals surface area (Å²) in [5, 5.41) is 0.214. The second kappa shape index (κ2) is 8.59. The normalized spacial score (nSPS) is 11.0. The number of carbonyl (C=O) groups is 1. The minimum absolute atomic E-state index is 0.0875. The molecule has 8 nitrogen and oxygen atoms in total. The molecule has 3 rings (SSSR count). The number of nitrogens with two attached hydrogens (primary N) is 1. The maximum atomic E-state index is 11.8. The van der Waals surface area contributed by atoms with Gasteiger partial charge < -0.3 is 15.2 Å². The Hall–Kier alpha value is -2.71. The average molecular weight is 376 g/mol. The maximum Gasteiger partial charge on any atom is 0.338 e. The van der Waals surface area contributed by atoms with E-state index in [0.717, 1.165) is 6.42 Å². The quantitative estimate of drug-likeness (QED) is 0.366. The van der Waals surface area contributed by atoms with Gasteiger partial charge in [0.1, 0.15) is 12.2 Å². The lowest BCUT2D eigenvalue weighted by Gasteiger charge is -2.07. The molecule has 9 heteroatoms. The van der Waals surface area contributed by atoms with Gasteiger partial charge in [-0.2, -0.15) is 9.97 Å². The maximum absolute atomic E-state index is 11.8. The van der Waals surface area contributed by atoms with Crippen molar-refractivity contribution in [2.45, 2.75) is 19.6 Å². The highest BCUT2D eigenvalue weighted by atomic mass is 35.5. The van der Waals surface area contributed by atoms with E-state index in [-0.39, 0.29) is 23.8 Å². The van der Waals surface area contributed by atoms with Crippen LogP contribution in [-0.2, 0) is 16.2 Å². The molecule has 0 saturated carbocycles. The van der Waals surface area contributed by atoms with E-state index in [9.17, 15) is 4.79 Å². The number of hydrogen-bond acceptors (Lipinski definition) is 7. The predicted molar refractivity (Wildman–Crippen MR) is 96.7 cm³/mol. The lowest BCUT2D eigenvalue weighted by Crippen LogP contribution is -2.08. The van der Waals surface area contributed by atoms with Gasteiger partial charge in [-0.3, -0.25) is 4.57 Å². The number of anilines is 1. The summed E-state index contributed by atoms with van der Waals surface area (Å²) in [6, 6.07) is 8.91. The SMILES string of the molecule is Nc1nc(Cl)c2ncn(COCCCCOC(=O)c3ccccc3)c2n1. The molecule has 0 amide bonds. The van der Waals surface area contributed by atoms with Crippen LogP contribution in [0, 0.1) is 0 Å². The zero-order valence-electron chi connectivity index (χ0n) is 14.0. The number of hydrogen-bond donors (Lipinski definition) is 1. The van der Waals surface area contributed by atoms with E-state index < -0.39 is 0 Å². The van der Waals surface area contributed by atoms with E-state index in [0.29, 0.717) is 36.4 Å². The van der Waals surface area contributed by atoms with Crippen LogP contribution in [0.3, 0.4) is 0 Å². The molecular formula is C17H18ClN5O3. The van der Waals surface area contributed by atoms with Crippen molar-refractivity contribution in [1.29, 1.82) is 0 Å². The molecule has 0 radical (unpaired) electrons. The number of benzene rings is 1. The van der Waals surface area contributed by atoms with Crippen LogP contribution in [-0.4, -0.2) is 38.7 Å². The number of imidazole rings is 1. The molecule has 2 heterocycles. The number of aromatic nitrogens is 4. The highest BCUT2D eigenvalue weighted by Gasteiger charge is 2.10. The number of unbranched alkanes of at least 4 members (excludes halogenated alkanes) is 1. The zero-order valence-corrected chi connectivity index (χ0v) is 14.7. The van der Waals surface area contributed by atoms with Crippen molar-refractivity contribution in [3.63, 3.8) is 0 Å². The van der Waals surface area contributed by atoms with E-state index in [1.807, 2.05) is 6.07 Å². The predicted octanol–water partition coefficient (Wildman–Crippen LogP) is 2.67. The van der Waals surface area contributed by atoms with Crippen molar-refractivity contribution in [3.8, 4) is 0 Å². The molecule has 0 aliphatic heterocycles. The van der Waals surface area contributed by atoms with Crippen LogP contribution in [0.2, 0.25) is 5.15 Å². The standard InChI is InChI=1S/C17H18ClN5O3/c18-14-13-15(22-17(19)21-14)23(10-20-13)11-25-8-4-5-9-26-16(24)12-6-2-1-3-7-12/h1-3,6-7,10H,4-5,8-9,11H2,(H2,19,21,22). The highest BCUT2D eigenvalue weighted by Crippen LogP contribution is 2.19. The highest BCUT2D eigenvalue weighted by molar-refractivity contribution is 6.33. The van der Waals surface area contributed by atoms with Gasteiger partial charge in [-0.15, -0.1) is 0 Å². The fraction of sp³-hybridized carbons (Fsp3) is 0.294. The number of halogens is 1. The van der Waals surface area contributed by atoms with Crippen LogP contribution < -0.4 is 5.73 Å². The number of nitrogens with zero attached hydrogens (tertiary/aromatic N) is 4. The minimum Gasteiger partial charge on any atom is -0.462 e. The van der Waals surface area contributed by atoms with Gasteiger partial charge in [-0.1, -0.05) is 29.8 Å². The largest absolute Gasteiger partial charge is 0.462 e. The van der Waals surface area contributed by atoms with Crippen molar-refractivity contribution < 1.29 is 14.3 Å². The Morgan fingerprint density at radius 3 is 2.73 bits per heavy atom. The van der Waals surface area contributed by atoms with Gasteiger partial charge in [0.25, 0.3) is 0 Å². The fourth-order valence-corrected chi connectivity index (χ4v) is 2.53. The number of ether oxygens (including phenoxy) is 2. The molecule has 0 saturated heterocycles. The molecule has 1 aromatic carbocycles. The molecule has 136 valence electrons. The molecule has 26 heavy (non-hydrogen) atoms. The Morgan fingerprint density at radius 2 is 1.92 bits per heavy atom. The molecule has 0 atom stereocenters. The first kappa shape index (κ1) is 18.1. The molecular weight excluding hydrogens is 358 g/mol. The van der Waals surface area contributed by atoms with Crippen LogP contribution in [0.4, 0.5) is 5.95 Å². The Balaban J connectivity index is 1.37. The first-order valence-corrected chi connectivity index (χ1v) is 8.46. The van der Waals surface area contributed by atoms with E-state index in [2.05, 4.69) is 15.0 Å². The van der Waals surface area contributed by atoms with Crippen molar-refractivity contribution in [3.05, 3.63) is 47.4 Å². The fourth-order valence-electron chi connectivity index (χ4n) is 2.31.